The number of rotatable bonds is 4. The molecule has 0 aromatic carbocycles. The minimum atomic E-state index is 0.0176. The highest BCUT2D eigenvalue weighted by Crippen LogP contribution is 2.22. The van der Waals surface area contributed by atoms with Crippen molar-refractivity contribution in [1.29, 1.82) is 0 Å². The van der Waals surface area contributed by atoms with E-state index >= 15 is 0 Å². The van der Waals surface area contributed by atoms with Gasteiger partial charge in [0.2, 0.25) is 11.0 Å². The minimum absolute atomic E-state index is 0.0176. The Morgan fingerprint density at radius 3 is 2.53 bits per heavy atom. The molecule has 1 unspecified atom stereocenters. The van der Waals surface area contributed by atoms with Gasteiger partial charge in [-0.2, -0.15) is 0 Å². The normalized spacial score (nSPS) is 12.9. The van der Waals surface area contributed by atoms with Gasteiger partial charge in [-0.25, -0.2) is 0 Å². The van der Waals surface area contributed by atoms with E-state index in [-0.39, 0.29) is 11.8 Å². The summed E-state index contributed by atoms with van der Waals surface area (Å²) in [6.45, 7) is 8.01. The van der Waals surface area contributed by atoms with E-state index in [4.69, 9.17) is 0 Å². The second kappa shape index (κ2) is 5.21. The summed E-state index contributed by atoms with van der Waals surface area (Å²) in [5.41, 5.74) is 0. The number of hydrogen-bond donors (Lipinski definition) is 1. The molecule has 4 nitrogen and oxygen atoms in total. The van der Waals surface area contributed by atoms with Gasteiger partial charge in [-0.1, -0.05) is 39.0 Å². The van der Waals surface area contributed by atoms with Crippen LogP contribution in [0.3, 0.4) is 0 Å². The van der Waals surface area contributed by atoms with Crippen molar-refractivity contribution in [2.45, 2.75) is 40.0 Å². The van der Waals surface area contributed by atoms with Gasteiger partial charge in [0.25, 0.3) is 0 Å². The summed E-state index contributed by atoms with van der Waals surface area (Å²) in [4.78, 5) is 11.6. The fourth-order valence-electron chi connectivity index (χ4n) is 0.932. The summed E-state index contributed by atoms with van der Waals surface area (Å²) in [7, 11) is 0. The Hall–Kier alpha value is -0.970. The topological polar surface area (TPSA) is 54.9 Å². The molecule has 1 aromatic heterocycles. The third-order valence-corrected chi connectivity index (χ3v) is 3.36. The number of carbonyl (C=O) groups excluding carboxylic acids is 1. The molecule has 84 valence electrons. The van der Waals surface area contributed by atoms with E-state index in [1.165, 1.54) is 11.3 Å². The van der Waals surface area contributed by atoms with E-state index in [0.717, 1.165) is 11.4 Å². The van der Waals surface area contributed by atoms with E-state index in [0.29, 0.717) is 11.0 Å². The van der Waals surface area contributed by atoms with Crippen LogP contribution in [0.5, 0.6) is 0 Å². The van der Waals surface area contributed by atoms with E-state index in [1.54, 1.807) is 0 Å². The average Bonchev–Trinajstić information content (AvgIpc) is 2.65. The third kappa shape index (κ3) is 3.27. The minimum Gasteiger partial charge on any atom is -0.300 e. The lowest BCUT2D eigenvalue weighted by Crippen LogP contribution is -2.19. The van der Waals surface area contributed by atoms with Crippen molar-refractivity contribution in [3.63, 3.8) is 0 Å². The maximum absolute atomic E-state index is 11.6. The predicted molar refractivity (Wildman–Crippen MR) is 62.1 cm³/mol. The first-order valence-electron chi connectivity index (χ1n) is 5.18. The molecule has 1 heterocycles. The fraction of sp³-hybridized carbons (Fsp3) is 0.700. The van der Waals surface area contributed by atoms with Crippen LogP contribution in [0.15, 0.2) is 0 Å². The van der Waals surface area contributed by atoms with Crippen LogP contribution < -0.4 is 5.32 Å². The molecule has 15 heavy (non-hydrogen) atoms. The van der Waals surface area contributed by atoms with Gasteiger partial charge in [-0.05, 0) is 6.42 Å². The van der Waals surface area contributed by atoms with Gasteiger partial charge in [-0.15, -0.1) is 10.2 Å². The van der Waals surface area contributed by atoms with Crippen LogP contribution in [0, 0.1) is 5.92 Å². The molecule has 0 aliphatic carbocycles. The van der Waals surface area contributed by atoms with E-state index in [9.17, 15) is 4.79 Å². The molecule has 0 saturated carbocycles. The highest BCUT2D eigenvalue weighted by Gasteiger charge is 2.14. The van der Waals surface area contributed by atoms with Gasteiger partial charge in [0.15, 0.2) is 0 Å². The van der Waals surface area contributed by atoms with Gasteiger partial charge >= 0.3 is 0 Å². The molecule has 0 aliphatic heterocycles. The molecule has 0 aliphatic rings. The summed E-state index contributed by atoms with van der Waals surface area (Å²) in [6, 6.07) is 0. The standard InChI is InChI=1S/C10H17N3OS/c1-5-7(4)8(14)11-10-13-12-9(15-10)6(2)3/h6-7H,5H2,1-4H3,(H,11,13,14). The maximum Gasteiger partial charge on any atom is 0.229 e. The fourth-order valence-corrected chi connectivity index (χ4v) is 1.68. The van der Waals surface area contributed by atoms with Crippen LogP contribution in [0.2, 0.25) is 0 Å². The molecular weight excluding hydrogens is 210 g/mol. The molecule has 0 radical (unpaired) electrons. The van der Waals surface area contributed by atoms with Crippen LogP contribution in [-0.2, 0) is 4.79 Å². The summed E-state index contributed by atoms with van der Waals surface area (Å²) in [6.07, 6.45) is 0.835. The number of nitrogens with one attached hydrogen (secondary N) is 1. The SMILES string of the molecule is CCC(C)C(=O)Nc1nnc(C(C)C)s1. The van der Waals surface area contributed by atoms with E-state index < -0.39 is 0 Å². The number of nitrogens with zero attached hydrogens (tertiary/aromatic N) is 2. The lowest BCUT2D eigenvalue weighted by Gasteiger charge is -2.06. The van der Waals surface area contributed by atoms with Crippen LogP contribution in [0.4, 0.5) is 5.13 Å². The lowest BCUT2D eigenvalue weighted by molar-refractivity contribution is -0.119. The molecule has 1 N–H and O–H groups in total. The number of aromatic nitrogens is 2. The van der Waals surface area contributed by atoms with Crippen molar-refractivity contribution in [2.75, 3.05) is 5.32 Å². The van der Waals surface area contributed by atoms with Gasteiger partial charge in [0.1, 0.15) is 5.01 Å². The van der Waals surface area contributed by atoms with Crippen molar-refractivity contribution >= 4 is 22.4 Å². The van der Waals surface area contributed by atoms with Crippen molar-refractivity contribution in [3.8, 4) is 0 Å². The average molecular weight is 227 g/mol. The quantitative estimate of drug-likeness (QED) is 0.860. The molecule has 0 bridgehead atoms. The molecule has 0 fully saturated rings. The molecule has 0 spiro atoms. The Kier molecular flexibility index (Phi) is 4.20. The maximum atomic E-state index is 11.6. The zero-order chi connectivity index (χ0) is 11.4. The first-order valence-corrected chi connectivity index (χ1v) is 6.00. The van der Waals surface area contributed by atoms with Crippen molar-refractivity contribution in [3.05, 3.63) is 5.01 Å². The van der Waals surface area contributed by atoms with E-state index in [2.05, 4.69) is 29.4 Å². The Morgan fingerprint density at radius 1 is 1.40 bits per heavy atom. The highest BCUT2D eigenvalue weighted by molar-refractivity contribution is 7.15. The van der Waals surface area contributed by atoms with E-state index in [1.807, 2.05) is 13.8 Å². The molecule has 1 aromatic rings. The second-order valence-electron chi connectivity index (χ2n) is 3.90. The summed E-state index contributed by atoms with van der Waals surface area (Å²) < 4.78 is 0. The van der Waals surface area contributed by atoms with Gasteiger partial charge in [-0.3, -0.25) is 4.79 Å². The monoisotopic (exact) mass is 227 g/mol. The Bertz CT molecular complexity index is 335. The summed E-state index contributed by atoms with van der Waals surface area (Å²) in [5, 5.41) is 12.3. The van der Waals surface area contributed by atoms with Gasteiger partial charge < -0.3 is 5.32 Å². The summed E-state index contributed by atoms with van der Waals surface area (Å²) >= 11 is 1.44. The van der Waals surface area contributed by atoms with Crippen LogP contribution in [0.25, 0.3) is 0 Å². The van der Waals surface area contributed by atoms with Crippen LogP contribution in [-0.4, -0.2) is 16.1 Å². The third-order valence-electron chi connectivity index (χ3n) is 2.22. The van der Waals surface area contributed by atoms with Crippen molar-refractivity contribution in [1.82, 2.24) is 10.2 Å². The van der Waals surface area contributed by atoms with Gasteiger partial charge in [0, 0.05) is 11.8 Å². The molecule has 5 heteroatoms. The first-order chi connectivity index (χ1) is 7.04. The molecule has 1 amide bonds. The Balaban J connectivity index is 2.61. The largest absolute Gasteiger partial charge is 0.300 e. The Labute approximate surface area is 94.1 Å². The van der Waals surface area contributed by atoms with Gasteiger partial charge in [0.05, 0.1) is 0 Å². The van der Waals surface area contributed by atoms with Crippen LogP contribution in [0.1, 0.15) is 45.0 Å². The first kappa shape index (κ1) is 12.1. The predicted octanol–water partition coefficient (Wildman–Crippen LogP) is 2.65. The van der Waals surface area contributed by atoms with Crippen molar-refractivity contribution in [2.24, 2.45) is 5.92 Å². The van der Waals surface area contributed by atoms with Crippen molar-refractivity contribution < 1.29 is 4.79 Å². The molecule has 1 rings (SSSR count). The van der Waals surface area contributed by atoms with Crippen LogP contribution >= 0.6 is 11.3 Å². The molecule has 1 atom stereocenters. The molecule has 0 saturated heterocycles. The second-order valence-corrected chi connectivity index (χ2v) is 4.91. The molecular formula is C10H17N3OS. The number of hydrogen-bond acceptors (Lipinski definition) is 4. The number of carbonyl (C=O) groups is 1. The Morgan fingerprint density at radius 2 is 2.07 bits per heavy atom. The zero-order valence-corrected chi connectivity index (χ0v) is 10.4. The lowest BCUT2D eigenvalue weighted by atomic mass is 10.1. The zero-order valence-electron chi connectivity index (χ0n) is 9.57. The number of anilines is 1. The number of amides is 1. The summed E-state index contributed by atoms with van der Waals surface area (Å²) in [5.74, 6) is 0.400. The smallest absolute Gasteiger partial charge is 0.229 e. The highest BCUT2D eigenvalue weighted by atomic mass is 32.1.